The Morgan fingerprint density at radius 2 is 2.00 bits per heavy atom. The molecule has 1 aromatic carbocycles. The van der Waals surface area contributed by atoms with Crippen LogP contribution in [0.5, 0.6) is 0 Å². The number of aliphatic hydroxyl groups excluding tert-OH is 1. The molecule has 0 aliphatic carbocycles. The molecule has 0 radical (unpaired) electrons. The van der Waals surface area contributed by atoms with E-state index in [1.54, 1.807) is 6.92 Å². The van der Waals surface area contributed by atoms with Gasteiger partial charge in [-0.25, -0.2) is 0 Å². The zero-order valence-electron chi connectivity index (χ0n) is 14.8. The Balaban J connectivity index is 1.86. The Bertz CT molecular complexity index is 1150. The summed E-state index contributed by atoms with van der Waals surface area (Å²) in [7, 11) is 0. The standard InChI is InChI=1S/C18H12N4O6S/c1-9-19-20-18(29-9)21-14(10-4-6-11(7-5-10)22(26)27)13(16(24)17(21)25)15(23)12-3-2-8-28-12/h2-8,14,24H,1H3. The molecule has 1 amide bonds. The fraction of sp³-hybridized carbons (Fsp3) is 0.111. The van der Waals surface area contributed by atoms with Crippen LogP contribution in [0, 0.1) is 17.0 Å². The molecule has 29 heavy (non-hydrogen) atoms. The van der Waals surface area contributed by atoms with Gasteiger partial charge >= 0.3 is 0 Å². The van der Waals surface area contributed by atoms with Gasteiger partial charge in [0, 0.05) is 12.1 Å². The van der Waals surface area contributed by atoms with Crippen LogP contribution in [0.3, 0.4) is 0 Å². The number of aliphatic hydroxyl groups is 1. The number of carbonyl (C=O) groups excluding carboxylic acids is 2. The molecule has 0 spiro atoms. The Hall–Kier alpha value is -3.86. The van der Waals surface area contributed by atoms with Crippen molar-refractivity contribution in [1.82, 2.24) is 10.2 Å². The first kappa shape index (κ1) is 18.5. The average molecular weight is 412 g/mol. The Morgan fingerprint density at radius 1 is 1.28 bits per heavy atom. The van der Waals surface area contributed by atoms with Crippen molar-refractivity contribution in [3.8, 4) is 0 Å². The minimum absolute atomic E-state index is 0.0541. The van der Waals surface area contributed by atoms with Crippen molar-refractivity contribution in [3.05, 3.63) is 80.4 Å². The molecule has 0 saturated heterocycles. The van der Waals surface area contributed by atoms with E-state index in [0.29, 0.717) is 10.6 Å². The number of rotatable bonds is 5. The number of anilines is 1. The average Bonchev–Trinajstić information content (AvgIpc) is 3.43. The van der Waals surface area contributed by atoms with Crippen LogP contribution >= 0.6 is 11.3 Å². The quantitative estimate of drug-likeness (QED) is 0.383. The molecule has 0 fully saturated rings. The zero-order chi connectivity index (χ0) is 20.7. The molecule has 1 aliphatic heterocycles. The number of amides is 1. The number of nitro groups is 1. The van der Waals surface area contributed by atoms with Crippen LogP contribution < -0.4 is 4.90 Å². The second-order valence-electron chi connectivity index (χ2n) is 6.10. The van der Waals surface area contributed by atoms with Gasteiger partial charge in [-0.3, -0.25) is 24.6 Å². The number of hydrogen-bond acceptors (Lipinski definition) is 9. The molecule has 0 saturated carbocycles. The second kappa shape index (κ2) is 6.95. The third kappa shape index (κ3) is 3.06. The predicted octanol–water partition coefficient (Wildman–Crippen LogP) is 3.13. The van der Waals surface area contributed by atoms with Gasteiger partial charge in [0.25, 0.3) is 11.6 Å². The van der Waals surface area contributed by atoms with Crippen molar-refractivity contribution in [2.45, 2.75) is 13.0 Å². The summed E-state index contributed by atoms with van der Waals surface area (Å²) in [5.74, 6) is -2.28. The molecule has 2 aromatic heterocycles. The topological polar surface area (TPSA) is 140 Å². The van der Waals surface area contributed by atoms with E-state index < -0.39 is 28.4 Å². The summed E-state index contributed by atoms with van der Waals surface area (Å²) in [6.07, 6.45) is 1.30. The predicted molar refractivity (Wildman–Crippen MR) is 101 cm³/mol. The maximum absolute atomic E-state index is 13.0. The number of nitrogens with zero attached hydrogens (tertiary/aromatic N) is 4. The van der Waals surface area contributed by atoms with E-state index in [4.69, 9.17) is 4.42 Å². The molecule has 11 heteroatoms. The van der Waals surface area contributed by atoms with Gasteiger partial charge in [0.1, 0.15) is 5.01 Å². The molecule has 4 rings (SSSR count). The highest BCUT2D eigenvalue weighted by Gasteiger charge is 2.46. The summed E-state index contributed by atoms with van der Waals surface area (Å²) >= 11 is 1.11. The summed E-state index contributed by atoms with van der Waals surface area (Å²) in [6, 6.07) is 7.23. The highest BCUT2D eigenvalue weighted by Crippen LogP contribution is 2.43. The second-order valence-corrected chi connectivity index (χ2v) is 7.26. The first-order valence-electron chi connectivity index (χ1n) is 8.28. The normalized spacial score (nSPS) is 16.5. The third-order valence-electron chi connectivity index (χ3n) is 4.34. The van der Waals surface area contributed by atoms with Crippen molar-refractivity contribution in [2.75, 3.05) is 4.90 Å². The van der Waals surface area contributed by atoms with Crippen molar-refractivity contribution >= 4 is 33.8 Å². The third-order valence-corrected chi connectivity index (χ3v) is 5.18. The number of nitro benzene ring substituents is 1. The first-order chi connectivity index (χ1) is 13.9. The number of aryl methyl sites for hydroxylation is 1. The lowest BCUT2D eigenvalue weighted by atomic mass is 9.95. The van der Waals surface area contributed by atoms with Gasteiger partial charge in [-0.05, 0) is 36.8 Å². The van der Waals surface area contributed by atoms with E-state index in [-0.39, 0.29) is 22.2 Å². The summed E-state index contributed by atoms with van der Waals surface area (Å²) in [6.45, 7) is 1.70. The smallest absolute Gasteiger partial charge is 0.296 e. The number of furan rings is 1. The number of hydrogen-bond donors (Lipinski definition) is 1. The van der Waals surface area contributed by atoms with Crippen LogP contribution in [-0.4, -0.2) is 31.9 Å². The lowest BCUT2D eigenvalue weighted by molar-refractivity contribution is -0.384. The molecule has 146 valence electrons. The monoisotopic (exact) mass is 412 g/mol. The fourth-order valence-corrected chi connectivity index (χ4v) is 3.77. The number of non-ortho nitro benzene ring substituents is 1. The van der Waals surface area contributed by atoms with Crippen molar-refractivity contribution in [1.29, 1.82) is 0 Å². The molecule has 10 nitrogen and oxygen atoms in total. The fourth-order valence-electron chi connectivity index (χ4n) is 3.05. The van der Waals surface area contributed by atoms with Crippen LogP contribution in [0.1, 0.15) is 27.2 Å². The molecular formula is C18H12N4O6S. The molecular weight excluding hydrogens is 400 g/mol. The van der Waals surface area contributed by atoms with Gasteiger partial charge in [-0.15, -0.1) is 10.2 Å². The van der Waals surface area contributed by atoms with Crippen molar-refractivity contribution in [2.24, 2.45) is 0 Å². The molecule has 1 atom stereocenters. The minimum Gasteiger partial charge on any atom is -0.503 e. The van der Waals surface area contributed by atoms with Crippen LogP contribution in [-0.2, 0) is 4.79 Å². The molecule has 3 aromatic rings. The summed E-state index contributed by atoms with van der Waals surface area (Å²) in [5, 5.41) is 30.1. The van der Waals surface area contributed by atoms with Crippen LogP contribution in [0.4, 0.5) is 10.8 Å². The zero-order valence-corrected chi connectivity index (χ0v) is 15.6. The van der Waals surface area contributed by atoms with Gasteiger partial charge < -0.3 is 9.52 Å². The minimum atomic E-state index is -1.05. The number of Topliss-reactive ketones (excluding diaryl/α,β-unsaturated/α-hetero) is 1. The van der Waals surface area contributed by atoms with E-state index in [2.05, 4.69) is 10.2 Å². The molecule has 1 aliphatic rings. The van der Waals surface area contributed by atoms with Gasteiger partial charge in [0.05, 0.1) is 22.8 Å². The summed E-state index contributed by atoms with van der Waals surface area (Å²) < 4.78 is 5.13. The lowest BCUT2D eigenvalue weighted by Gasteiger charge is -2.23. The van der Waals surface area contributed by atoms with Crippen molar-refractivity contribution in [3.63, 3.8) is 0 Å². The van der Waals surface area contributed by atoms with E-state index in [9.17, 15) is 24.8 Å². The van der Waals surface area contributed by atoms with E-state index in [1.807, 2.05) is 0 Å². The number of benzene rings is 1. The van der Waals surface area contributed by atoms with Crippen molar-refractivity contribution < 1.29 is 24.0 Å². The summed E-state index contributed by atoms with van der Waals surface area (Å²) in [4.78, 5) is 37.4. The van der Waals surface area contributed by atoms with Gasteiger partial charge in [0.15, 0.2) is 11.5 Å². The van der Waals surface area contributed by atoms with Gasteiger partial charge in [0.2, 0.25) is 10.9 Å². The van der Waals surface area contributed by atoms with E-state index >= 15 is 0 Å². The molecule has 1 unspecified atom stereocenters. The highest BCUT2D eigenvalue weighted by atomic mass is 32.1. The van der Waals surface area contributed by atoms with Crippen LogP contribution in [0.25, 0.3) is 0 Å². The van der Waals surface area contributed by atoms with Crippen LogP contribution in [0.2, 0.25) is 0 Å². The van der Waals surface area contributed by atoms with Gasteiger partial charge in [-0.1, -0.05) is 11.3 Å². The highest BCUT2D eigenvalue weighted by molar-refractivity contribution is 7.15. The molecule has 0 bridgehead atoms. The Labute approximate surface area is 166 Å². The van der Waals surface area contributed by atoms with Gasteiger partial charge in [-0.2, -0.15) is 0 Å². The Kier molecular flexibility index (Phi) is 4.43. The largest absolute Gasteiger partial charge is 0.503 e. The van der Waals surface area contributed by atoms with E-state index in [1.165, 1.54) is 42.7 Å². The van der Waals surface area contributed by atoms with E-state index in [0.717, 1.165) is 16.2 Å². The van der Waals surface area contributed by atoms with Crippen LogP contribution in [0.15, 0.2) is 58.4 Å². The maximum Gasteiger partial charge on any atom is 0.296 e. The summed E-state index contributed by atoms with van der Waals surface area (Å²) in [5.41, 5.74) is 0.0333. The number of ketones is 1. The SMILES string of the molecule is Cc1nnc(N2C(=O)C(O)=C(C(=O)c3ccco3)C2c2ccc([N+](=O)[O-])cc2)s1. The maximum atomic E-state index is 13.0. The first-order valence-corrected chi connectivity index (χ1v) is 9.09. The lowest BCUT2D eigenvalue weighted by Crippen LogP contribution is -2.31. The molecule has 1 N–H and O–H groups in total. The number of aromatic nitrogens is 2. The Morgan fingerprint density at radius 3 is 2.55 bits per heavy atom. The number of carbonyl (C=O) groups is 2. The molecule has 3 heterocycles.